The summed E-state index contributed by atoms with van der Waals surface area (Å²) in [4.78, 5) is 104. The predicted octanol–water partition coefficient (Wildman–Crippen LogP) is 3.59. The molecular formula is C53H69FN6O11. The fraction of sp³-hybridized carbons (Fsp3) is 0.509. The van der Waals surface area contributed by atoms with E-state index in [2.05, 4.69) is 33.2 Å². The molecule has 7 N–H and O–H groups in total. The Morgan fingerprint density at radius 1 is 0.915 bits per heavy atom. The van der Waals surface area contributed by atoms with Crippen LogP contribution < -0.4 is 31.5 Å². The molecule has 6 amide bonds. The zero-order chi connectivity index (χ0) is 52.1. The number of ether oxygens (including phenoxy) is 1. The number of aliphatic hydroxyl groups is 2. The van der Waals surface area contributed by atoms with E-state index in [-0.39, 0.29) is 43.9 Å². The van der Waals surface area contributed by atoms with Gasteiger partial charge in [-0.15, -0.1) is 0 Å². The first-order valence-electron chi connectivity index (χ1n) is 24.2. The van der Waals surface area contributed by atoms with Gasteiger partial charge < -0.3 is 46.4 Å². The number of benzene rings is 2. The number of hydrogen-bond acceptors (Lipinski definition) is 11. The van der Waals surface area contributed by atoms with Crippen LogP contribution in [0, 0.1) is 30.1 Å². The van der Waals surface area contributed by atoms with Gasteiger partial charge in [0, 0.05) is 30.4 Å². The van der Waals surface area contributed by atoms with Crippen molar-refractivity contribution in [3.8, 4) is 0 Å². The van der Waals surface area contributed by atoms with Crippen molar-refractivity contribution < 1.29 is 57.7 Å². The van der Waals surface area contributed by atoms with Gasteiger partial charge in [-0.1, -0.05) is 87.5 Å². The van der Waals surface area contributed by atoms with E-state index >= 15 is 4.39 Å². The molecule has 0 bridgehead atoms. The van der Waals surface area contributed by atoms with Gasteiger partial charge in [0.25, 0.3) is 0 Å². The second-order valence-corrected chi connectivity index (χ2v) is 19.2. The number of halogens is 1. The monoisotopic (exact) mass is 985 g/mol. The predicted molar refractivity (Wildman–Crippen MR) is 263 cm³/mol. The van der Waals surface area contributed by atoms with E-state index < -0.39 is 115 Å². The van der Waals surface area contributed by atoms with Gasteiger partial charge in [0.15, 0.2) is 11.6 Å². The van der Waals surface area contributed by atoms with Crippen molar-refractivity contribution >= 4 is 58.8 Å². The van der Waals surface area contributed by atoms with Crippen LogP contribution in [0.3, 0.4) is 0 Å². The summed E-state index contributed by atoms with van der Waals surface area (Å²) in [5.74, 6) is -6.24. The molecule has 3 aliphatic rings. The molecule has 5 rings (SSSR count). The summed E-state index contributed by atoms with van der Waals surface area (Å²) >= 11 is 0. The van der Waals surface area contributed by atoms with Crippen LogP contribution in [0.4, 0.5) is 10.1 Å². The topological polar surface area (TPSA) is 250 Å². The van der Waals surface area contributed by atoms with Gasteiger partial charge in [-0.25, -0.2) is 4.39 Å². The van der Waals surface area contributed by atoms with Gasteiger partial charge in [-0.05, 0) is 98.6 Å². The molecule has 2 aromatic carbocycles. The average molecular weight is 985 g/mol. The Kier molecular flexibility index (Phi) is 19.3. The number of nitrogens with one attached hydrogen (secondary N) is 5. The Bertz CT molecular complexity index is 2410. The van der Waals surface area contributed by atoms with E-state index in [4.69, 9.17) is 4.74 Å². The number of Topliss-reactive ketones (excluding diaryl/α,β-unsaturated/α-hetero) is 1. The largest absolute Gasteiger partial charge is 0.390 e. The standard InChI is InChI=1S/C53H69FN6O11/c1-7-9-17-39(61)24-36-19-20-40-41-23-34(4)53(70,51(41,6)26-43(62)52(40,54)25-36)44(63)31-71-32-58-47(66)28-57-50(69)35(5)59-48(67)29-56-46(65)27-55-45(64)21-22-49(68)60(42-18-13-10-14-33(42)3)30-38-16-12-11-15-37(38)8-2/h8-18,24,34-35,40-41,43,62,70H,2,7,19-23,25-32H2,1,3-6H3,(H,55,64)(H,56,65)(H,57,69)(H,58,66)(H,59,67)/b17-9-,36-24-/t34-,35+,40+,41+,43+,51+,52+,53+/m1/s1. The number of anilines is 1. The minimum Gasteiger partial charge on any atom is -0.390 e. The number of fused-ring (bicyclic) bond motifs is 3. The lowest BCUT2D eigenvalue weighted by molar-refractivity contribution is -0.200. The van der Waals surface area contributed by atoms with Crippen molar-refractivity contribution in [2.24, 2.45) is 23.2 Å². The second-order valence-electron chi connectivity index (χ2n) is 19.2. The minimum absolute atomic E-state index is 0.101. The van der Waals surface area contributed by atoms with E-state index in [9.17, 15) is 48.6 Å². The molecule has 0 radical (unpaired) electrons. The third-order valence-corrected chi connectivity index (χ3v) is 14.4. The summed E-state index contributed by atoms with van der Waals surface area (Å²) in [6.45, 7) is 10.1. The summed E-state index contributed by atoms with van der Waals surface area (Å²) in [6.07, 6.45) is 6.08. The number of amides is 6. The lowest BCUT2D eigenvalue weighted by atomic mass is 9.51. The van der Waals surface area contributed by atoms with Crippen LogP contribution in [-0.4, -0.2) is 114 Å². The Morgan fingerprint density at radius 2 is 1.58 bits per heavy atom. The molecule has 3 fully saturated rings. The number of allylic oxidation sites excluding steroid dienone is 4. The van der Waals surface area contributed by atoms with E-state index in [1.54, 1.807) is 30.9 Å². The first kappa shape index (κ1) is 55.6. The lowest BCUT2D eigenvalue weighted by Crippen LogP contribution is -2.65. The molecular weight excluding hydrogens is 916 g/mol. The average Bonchev–Trinajstić information content (AvgIpc) is 3.54. The normalized spacial score (nSPS) is 25.5. The smallest absolute Gasteiger partial charge is 0.242 e. The first-order chi connectivity index (χ1) is 33.7. The number of carbonyl (C=O) groups is 8. The summed E-state index contributed by atoms with van der Waals surface area (Å²) in [7, 11) is 0. The zero-order valence-corrected chi connectivity index (χ0v) is 41.3. The van der Waals surface area contributed by atoms with Crippen LogP contribution in [0.5, 0.6) is 0 Å². The number of carbonyl (C=O) groups excluding carboxylic acids is 8. The summed E-state index contributed by atoms with van der Waals surface area (Å²) in [6, 6.07) is 13.8. The fourth-order valence-electron chi connectivity index (χ4n) is 10.6. The molecule has 384 valence electrons. The van der Waals surface area contributed by atoms with Crippen LogP contribution in [0.1, 0.15) is 95.8 Å². The third-order valence-electron chi connectivity index (χ3n) is 14.4. The molecule has 0 aromatic heterocycles. The summed E-state index contributed by atoms with van der Waals surface area (Å²) < 4.78 is 22.2. The number of hydrogen-bond donors (Lipinski definition) is 7. The molecule has 0 saturated heterocycles. The quantitative estimate of drug-likeness (QED) is 0.0482. The van der Waals surface area contributed by atoms with Crippen molar-refractivity contribution in [2.75, 3.05) is 37.9 Å². The molecule has 18 heteroatoms. The summed E-state index contributed by atoms with van der Waals surface area (Å²) in [5.41, 5.74) is -1.19. The number of aliphatic hydroxyl groups excluding tert-OH is 1. The molecule has 0 heterocycles. The van der Waals surface area contributed by atoms with Gasteiger partial charge in [-0.3, -0.25) is 38.4 Å². The van der Waals surface area contributed by atoms with Crippen LogP contribution >= 0.6 is 0 Å². The van der Waals surface area contributed by atoms with Crippen LogP contribution in [0.25, 0.3) is 6.08 Å². The van der Waals surface area contributed by atoms with E-state index in [1.165, 1.54) is 19.1 Å². The number of para-hydroxylation sites is 1. The van der Waals surface area contributed by atoms with E-state index in [0.29, 0.717) is 36.9 Å². The van der Waals surface area contributed by atoms with Gasteiger partial charge in [0.05, 0.1) is 32.3 Å². The number of alkyl halides is 1. The maximum absolute atomic E-state index is 16.8. The van der Waals surface area contributed by atoms with Crippen LogP contribution in [0.15, 0.2) is 78.9 Å². The molecule has 0 unspecified atom stereocenters. The zero-order valence-electron chi connectivity index (χ0n) is 41.3. The SMILES string of the molecule is C=Cc1ccccc1CN(C(=O)CCC(=O)NCC(=O)NCC(=O)N[C@@H](C)C(=O)NCC(=O)NCOCC(=O)[C@@]1(O)[C@H](C)C[C@H]2[C@@H]3CC/C(=C/C(=O)/C=C\CC)C[C@@]3(F)[C@@H](O)C[C@@]21C)c1ccccc1C. The maximum atomic E-state index is 16.8. The molecule has 8 atom stereocenters. The molecule has 2 aromatic rings. The highest BCUT2D eigenvalue weighted by Crippen LogP contribution is 2.67. The van der Waals surface area contributed by atoms with Gasteiger partial charge in [0.2, 0.25) is 35.4 Å². The van der Waals surface area contributed by atoms with Crippen molar-refractivity contribution in [3.05, 3.63) is 95.6 Å². The maximum Gasteiger partial charge on any atom is 0.242 e. The van der Waals surface area contributed by atoms with Crippen molar-refractivity contribution in [1.82, 2.24) is 26.6 Å². The molecule has 3 saturated carbocycles. The Hall–Kier alpha value is -6.37. The summed E-state index contributed by atoms with van der Waals surface area (Å²) in [5, 5.41) is 35.3. The van der Waals surface area contributed by atoms with Crippen molar-refractivity contribution in [1.29, 1.82) is 0 Å². The van der Waals surface area contributed by atoms with Crippen LogP contribution in [-0.2, 0) is 49.6 Å². The molecule has 3 aliphatic carbocycles. The number of rotatable bonds is 23. The molecule has 0 spiro atoms. The van der Waals surface area contributed by atoms with E-state index in [0.717, 1.165) is 16.7 Å². The first-order valence-corrected chi connectivity index (χ1v) is 24.2. The highest BCUT2D eigenvalue weighted by atomic mass is 19.1. The Balaban J connectivity index is 0.979. The highest BCUT2D eigenvalue weighted by molar-refractivity contribution is 6.00. The van der Waals surface area contributed by atoms with Gasteiger partial charge in [0.1, 0.15) is 30.6 Å². The highest BCUT2D eigenvalue weighted by Gasteiger charge is 2.72. The van der Waals surface area contributed by atoms with Crippen molar-refractivity contribution in [2.45, 2.75) is 116 Å². The minimum atomic E-state index is -2.02. The van der Waals surface area contributed by atoms with E-state index in [1.807, 2.05) is 62.4 Å². The van der Waals surface area contributed by atoms with Gasteiger partial charge in [-0.2, -0.15) is 0 Å². The third kappa shape index (κ3) is 13.3. The molecule has 0 aliphatic heterocycles. The van der Waals surface area contributed by atoms with Gasteiger partial charge >= 0.3 is 0 Å². The number of nitrogens with zero attached hydrogens (tertiary/aromatic N) is 1. The van der Waals surface area contributed by atoms with Crippen LogP contribution in [0.2, 0.25) is 0 Å². The Morgan fingerprint density at radius 3 is 2.30 bits per heavy atom. The number of aryl methyl sites for hydroxylation is 1. The number of ketones is 2. The second kappa shape index (κ2) is 24.6. The molecule has 17 nitrogen and oxygen atoms in total. The molecule has 71 heavy (non-hydrogen) atoms. The Labute approximate surface area is 414 Å². The fourth-order valence-corrected chi connectivity index (χ4v) is 10.6. The van der Waals surface area contributed by atoms with Crippen molar-refractivity contribution in [3.63, 3.8) is 0 Å². The lowest BCUT2D eigenvalue weighted by Gasteiger charge is -2.57.